The van der Waals surface area contributed by atoms with Crippen LogP contribution in [-0.4, -0.2) is 61.6 Å². The lowest BCUT2D eigenvalue weighted by atomic mass is 10.00. The zero-order valence-corrected chi connectivity index (χ0v) is 20.3. The molecule has 0 saturated carbocycles. The van der Waals surface area contributed by atoms with Crippen molar-refractivity contribution < 1.29 is 19.1 Å². The molecule has 1 aromatic carbocycles. The number of carbonyl (C=O) groups excluding carboxylic acids is 2. The summed E-state index contributed by atoms with van der Waals surface area (Å²) in [4.78, 5) is 30.8. The summed E-state index contributed by atoms with van der Waals surface area (Å²) < 4.78 is 11.1. The molecule has 1 aliphatic heterocycles. The van der Waals surface area contributed by atoms with Crippen LogP contribution in [0.5, 0.6) is 5.75 Å². The van der Waals surface area contributed by atoms with E-state index in [9.17, 15) is 9.59 Å². The summed E-state index contributed by atoms with van der Waals surface area (Å²) in [6, 6.07) is 9.87. The van der Waals surface area contributed by atoms with Crippen molar-refractivity contribution in [2.45, 2.75) is 39.7 Å². The van der Waals surface area contributed by atoms with E-state index in [1.807, 2.05) is 36.1 Å². The number of hydrogen-bond donors (Lipinski definition) is 0. The van der Waals surface area contributed by atoms with Crippen molar-refractivity contribution in [1.29, 1.82) is 0 Å². The minimum absolute atomic E-state index is 0.0155. The third-order valence-electron chi connectivity index (χ3n) is 6.02. The Bertz CT molecular complexity index is 896. The van der Waals surface area contributed by atoms with Gasteiger partial charge in [0, 0.05) is 25.1 Å². The largest absolute Gasteiger partial charge is 0.491 e. The first kappa shape index (κ1) is 24.3. The lowest BCUT2D eigenvalue weighted by Crippen LogP contribution is -2.49. The highest BCUT2D eigenvalue weighted by atomic mass is 32.1. The Morgan fingerprint density at radius 2 is 2.00 bits per heavy atom. The topological polar surface area (TPSA) is 59.1 Å². The Morgan fingerprint density at radius 1 is 1.25 bits per heavy atom. The molecule has 2 aromatic rings. The number of rotatable bonds is 10. The second-order valence-electron chi connectivity index (χ2n) is 8.50. The highest BCUT2D eigenvalue weighted by molar-refractivity contribution is 7.10. The minimum Gasteiger partial charge on any atom is -0.491 e. The quantitative estimate of drug-likeness (QED) is 0.538. The van der Waals surface area contributed by atoms with Crippen LogP contribution in [0.4, 0.5) is 0 Å². The van der Waals surface area contributed by atoms with Crippen LogP contribution in [-0.2, 0) is 20.7 Å². The van der Waals surface area contributed by atoms with Crippen LogP contribution >= 0.6 is 11.3 Å². The molecule has 3 rings (SSSR count). The molecule has 0 N–H and O–H groups in total. The van der Waals surface area contributed by atoms with Gasteiger partial charge in [-0.25, -0.2) is 0 Å². The van der Waals surface area contributed by atoms with Crippen LogP contribution in [0.3, 0.4) is 0 Å². The van der Waals surface area contributed by atoms with E-state index in [-0.39, 0.29) is 31.0 Å². The SMILES string of the molecule is CC[C@H](C)CN(CC(=O)N1CCc2sccc2[C@H]1COc1ccc(C)cc1)C(=O)COC. The maximum absolute atomic E-state index is 13.4. The van der Waals surface area contributed by atoms with Gasteiger partial charge in [-0.1, -0.05) is 38.0 Å². The molecule has 7 heteroatoms. The maximum Gasteiger partial charge on any atom is 0.249 e. The van der Waals surface area contributed by atoms with Gasteiger partial charge in [0.15, 0.2) is 0 Å². The summed E-state index contributed by atoms with van der Waals surface area (Å²) in [5.41, 5.74) is 2.33. The van der Waals surface area contributed by atoms with Gasteiger partial charge in [-0.05, 0) is 48.4 Å². The van der Waals surface area contributed by atoms with E-state index in [0.29, 0.717) is 25.6 Å². The van der Waals surface area contributed by atoms with Gasteiger partial charge in [0.1, 0.15) is 19.0 Å². The van der Waals surface area contributed by atoms with Gasteiger partial charge < -0.3 is 19.3 Å². The molecule has 0 bridgehead atoms. The van der Waals surface area contributed by atoms with Gasteiger partial charge in [0.25, 0.3) is 0 Å². The summed E-state index contributed by atoms with van der Waals surface area (Å²) in [6.07, 6.45) is 1.77. The van der Waals surface area contributed by atoms with E-state index in [2.05, 4.69) is 25.3 Å². The second kappa shape index (κ2) is 11.5. The number of amides is 2. The molecule has 0 fully saturated rings. The van der Waals surface area contributed by atoms with Gasteiger partial charge in [-0.3, -0.25) is 9.59 Å². The van der Waals surface area contributed by atoms with Crippen molar-refractivity contribution in [2.75, 3.05) is 40.0 Å². The maximum atomic E-state index is 13.4. The van der Waals surface area contributed by atoms with Gasteiger partial charge in [0.2, 0.25) is 11.8 Å². The van der Waals surface area contributed by atoms with E-state index in [4.69, 9.17) is 9.47 Å². The van der Waals surface area contributed by atoms with Crippen LogP contribution in [0.15, 0.2) is 35.7 Å². The summed E-state index contributed by atoms with van der Waals surface area (Å²) in [7, 11) is 1.50. The number of fused-ring (bicyclic) bond motifs is 1. The van der Waals surface area contributed by atoms with E-state index in [1.165, 1.54) is 17.6 Å². The monoisotopic (exact) mass is 458 g/mol. The molecule has 0 saturated heterocycles. The predicted molar refractivity (Wildman–Crippen MR) is 127 cm³/mol. The molecule has 6 nitrogen and oxygen atoms in total. The fraction of sp³-hybridized carbons (Fsp3) is 0.520. The van der Waals surface area contributed by atoms with Crippen molar-refractivity contribution in [2.24, 2.45) is 5.92 Å². The highest BCUT2D eigenvalue weighted by Gasteiger charge is 2.33. The number of aryl methyl sites for hydroxylation is 1. The Balaban J connectivity index is 1.75. The molecule has 0 spiro atoms. The number of thiophene rings is 1. The standard InChI is InChI=1S/C25H34N2O4S/c1-5-18(2)14-26(25(29)17-30-4)15-24(28)27-12-10-23-21(11-13-32-23)22(27)16-31-20-8-6-19(3)7-9-20/h6-9,11,13,18,22H,5,10,12,14-17H2,1-4H3/t18-,22+/m0/s1. The number of nitrogens with zero attached hydrogens (tertiary/aromatic N) is 2. The fourth-order valence-electron chi connectivity index (χ4n) is 3.91. The lowest BCUT2D eigenvalue weighted by molar-refractivity contribution is -0.145. The fourth-order valence-corrected chi connectivity index (χ4v) is 4.84. The smallest absolute Gasteiger partial charge is 0.249 e. The average molecular weight is 459 g/mol. The molecular weight excluding hydrogens is 424 g/mol. The Hall–Kier alpha value is -2.38. The minimum atomic E-state index is -0.165. The first-order chi connectivity index (χ1) is 15.4. The molecule has 2 heterocycles. The predicted octanol–water partition coefficient (Wildman–Crippen LogP) is 4.08. The Labute approximate surface area is 195 Å². The highest BCUT2D eigenvalue weighted by Crippen LogP contribution is 2.34. The molecule has 1 aliphatic rings. The average Bonchev–Trinajstić information content (AvgIpc) is 3.27. The zero-order valence-electron chi connectivity index (χ0n) is 19.5. The summed E-state index contributed by atoms with van der Waals surface area (Å²) in [5, 5.41) is 2.08. The third-order valence-corrected chi connectivity index (χ3v) is 7.02. The molecule has 0 aliphatic carbocycles. The van der Waals surface area contributed by atoms with Crippen molar-refractivity contribution in [1.82, 2.24) is 9.80 Å². The molecule has 2 atom stereocenters. The van der Waals surface area contributed by atoms with Crippen molar-refractivity contribution in [3.8, 4) is 5.75 Å². The number of carbonyl (C=O) groups is 2. The number of benzene rings is 1. The van der Waals surface area contributed by atoms with Crippen LogP contribution in [0.1, 0.15) is 42.3 Å². The van der Waals surface area contributed by atoms with Crippen molar-refractivity contribution in [3.63, 3.8) is 0 Å². The van der Waals surface area contributed by atoms with Crippen LogP contribution < -0.4 is 4.74 Å². The normalized spacial score (nSPS) is 16.4. The summed E-state index contributed by atoms with van der Waals surface area (Å²) in [6.45, 7) is 7.83. The van der Waals surface area contributed by atoms with E-state index in [0.717, 1.165) is 24.2 Å². The van der Waals surface area contributed by atoms with E-state index < -0.39 is 0 Å². The van der Waals surface area contributed by atoms with Crippen molar-refractivity contribution >= 4 is 23.2 Å². The van der Waals surface area contributed by atoms with Crippen molar-refractivity contribution in [3.05, 3.63) is 51.7 Å². The lowest BCUT2D eigenvalue weighted by Gasteiger charge is -2.37. The van der Waals surface area contributed by atoms with Gasteiger partial charge >= 0.3 is 0 Å². The first-order valence-corrected chi connectivity index (χ1v) is 12.1. The van der Waals surface area contributed by atoms with E-state index in [1.54, 1.807) is 16.2 Å². The van der Waals surface area contributed by atoms with Gasteiger partial charge in [0.05, 0.1) is 12.6 Å². The first-order valence-electron chi connectivity index (χ1n) is 11.2. The molecule has 0 radical (unpaired) electrons. The summed E-state index contributed by atoms with van der Waals surface area (Å²) >= 11 is 1.73. The molecule has 1 aromatic heterocycles. The van der Waals surface area contributed by atoms with Gasteiger partial charge in [-0.15, -0.1) is 11.3 Å². The number of ether oxygens (including phenoxy) is 2. The second-order valence-corrected chi connectivity index (χ2v) is 9.50. The Morgan fingerprint density at radius 3 is 2.69 bits per heavy atom. The summed E-state index contributed by atoms with van der Waals surface area (Å²) in [5.74, 6) is 0.905. The molecule has 32 heavy (non-hydrogen) atoms. The van der Waals surface area contributed by atoms with E-state index >= 15 is 0 Å². The molecular formula is C25H34N2O4S. The number of methoxy groups -OCH3 is 1. The van der Waals surface area contributed by atoms with Crippen LogP contribution in [0.2, 0.25) is 0 Å². The van der Waals surface area contributed by atoms with Crippen LogP contribution in [0.25, 0.3) is 0 Å². The third kappa shape index (κ3) is 6.11. The molecule has 2 amide bonds. The molecule has 0 unspecified atom stereocenters. The van der Waals surface area contributed by atoms with Gasteiger partial charge in [-0.2, -0.15) is 0 Å². The zero-order chi connectivity index (χ0) is 23.1. The molecule has 174 valence electrons. The Kier molecular flexibility index (Phi) is 8.70. The van der Waals surface area contributed by atoms with Crippen LogP contribution in [0, 0.1) is 12.8 Å². The number of hydrogen-bond acceptors (Lipinski definition) is 5.